The van der Waals surface area contributed by atoms with Crippen LogP contribution in [-0.2, 0) is 66.6 Å². The highest BCUT2D eigenvalue weighted by atomic mass is 35.5. The number of quaternary nitrogens is 2. The number of amides is 2. The van der Waals surface area contributed by atoms with E-state index in [4.69, 9.17) is 62.0 Å². The Bertz CT molecular complexity index is 5830. The van der Waals surface area contributed by atoms with Crippen molar-refractivity contribution in [3.8, 4) is 17.2 Å². The zero-order valence-electron chi connectivity index (χ0n) is 67.1. The van der Waals surface area contributed by atoms with Gasteiger partial charge < -0.3 is 66.7 Å². The molecule has 9 aromatic rings. The van der Waals surface area contributed by atoms with Gasteiger partial charge >= 0.3 is 0 Å². The highest BCUT2D eigenvalue weighted by Gasteiger charge is 2.45. The zero-order valence-corrected chi connectivity index (χ0v) is 72.6. The molecule has 4 heterocycles. The monoisotopic (exact) mass is 1770 g/mol. The average molecular weight is 1780 g/mol. The minimum atomic E-state index is -4.72. The van der Waals surface area contributed by atoms with Gasteiger partial charge in [-0.15, -0.1) is 5.11 Å². The Balaban J connectivity index is 0.000000222. The molecule has 34 heteroatoms. The largest absolute Gasteiger partial charge is 0.748 e. The molecule has 0 unspecified atom stereocenters. The van der Waals surface area contributed by atoms with Gasteiger partial charge in [-0.3, -0.25) is 9.59 Å². The molecule has 0 bridgehead atoms. The van der Waals surface area contributed by atoms with E-state index < -0.39 is 47.8 Å². The third-order valence-corrected chi connectivity index (χ3v) is 22.7. The molecule has 0 saturated carbocycles. The van der Waals surface area contributed by atoms with Gasteiger partial charge in [-0.25, -0.2) is 34.4 Å². The number of fused-ring (bicyclic) bond motifs is 2. The lowest BCUT2D eigenvalue weighted by atomic mass is 9.80. The molecule has 11 rings (SSSR count). The number of nitrogens with one attached hydrogen (secondary N) is 2. The summed E-state index contributed by atoms with van der Waals surface area (Å²) < 4.78 is 109. The summed E-state index contributed by atoms with van der Waals surface area (Å²) in [5.41, 5.74) is 25.2. The third-order valence-electron chi connectivity index (χ3n) is 18.7. The van der Waals surface area contributed by atoms with Crippen LogP contribution in [0.5, 0.6) is 17.2 Å². The van der Waals surface area contributed by atoms with E-state index >= 15 is 0 Å². The van der Waals surface area contributed by atoms with Crippen LogP contribution >= 0.6 is 46.4 Å². The number of aromatic hydroxyl groups is 3. The molecule has 7 aromatic carbocycles. The van der Waals surface area contributed by atoms with Crippen LogP contribution in [0.3, 0.4) is 0 Å². The minimum absolute atomic E-state index is 0.0397. The Hall–Kier alpha value is -10.7. The maximum atomic E-state index is 12.7. The van der Waals surface area contributed by atoms with Crippen molar-refractivity contribution in [1.29, 1.82) is 0 Å². The molecule has 120 heavy (non-hydrogen) atoms. The second-order valence-corrected chi connectivity index (χ2v) is 34.5. The number of aliphatic carboxylic acids is 1. The van der Waals surface area contributed by atoms with Crippen molar-refractivity contribution >= 4 is 165 Å². The number of phenols is 3. The number of para-hydroxylation sites is 2. The fourth-order valence-electron chi connectivity index (χ4n) is 12.7. The number of rotatable bonds is 26. The number of hydrogen-bond donors (Lipinski definition) is 8. The number of azo groups is 1. The van der Waals surface area contributed by atoms with Gasteiger partial charge in [0.05, 0.1) is 83.0 Å². The quantitative estimate of drug-likeness (QED) is 0.0108. The van der Waals surface area contributed by atoms with E-state index in [0.717, 1.165) is 57.5 Å². The Morgan fingerprint density at radius 2 is 0.992 bits per heavy atom. The maximum Gasteiger partial charge on any atom is 0.251 e. The van der Waals surface area contributed by atoms with E-state index in [9.17, 15) is 63.8 Å². The van der Waals surface area contributed by atoms with Crippen molar-refractivity contribution in [3.63, 3.8) is 0 Å². The number of carbonyl (C=O) groups is 3. The lowest BCUT2D eigenvalue weighted by Crippen LogP contribution is -2.54. The minimum Gasteiger partial charge on any atom is -0.748 e. The van der Waals surface area contributed by atoms with Crippen LogP contribution < -0.4 is 42.1 Å². The molecule has 0 aliphatic carbocycles. The molecule has 2 aromatic heterocycles. The summed E-state index contributed by atoms with van der Waals surface area (Å²) in [6.07, 6.45) is 21.0. The first-order chi connectivity index (χ1) is 56.5. The number of carboxylic acid groups (broad SMARTS) is 1. The predicted molar refractivity (Wildman–Crippen MR) is 461 cm³/mol. The topological polar surface area (TPSA) is 450 Å². The first kappa shape index (κ1) is 96.5. The van der Waals surface area contributed by atoms with Crippen LogP contribution in [0, 0.1) is 6.92 Å². The van der Waals surface area contributed by atoms with Crippen molar-refractivity contribution in [2.75, 3.05) is 50.8 Å². The lowest BCUT2D eigenvalue weighted by molar-refractivity contribution is -0.673. The molecule has 0 fully saturated rings. The standard InChI is InChI=1S/C26H28N4O5S.C24H29N3O5S.C22H26N2O4S.C12H6Cl4N2.C2H4O2/c1-18-16-29(2)12-8-19(18)4-6-21-14-23(26(32)28-11-10-27)15-22(25(21)31)7-5-20-9-13-30(3)17-24(20)36(33,34)35;1-24(2)19-6-3-4-7-20(19)27(14-5-15-33(30,31)32)22(24)11-9-17-16-18(8-10-21(17)28)23(29)26-13-12-25;1-22(2)18-14-16(15-23)8-10-19(18)24(12-5-13-29(26,27)28)21(22)11-9-17-6-3-4-7-20(17)25;13-8-6-9(14)11(16)12(10(8)15)18-17-7-4-2-1-3-5-7;1-2(3)4/h4-9,12-17H,10-11,27H2,1-3H3,(H-,28,32,33,34,35);3-4,6-11,16H,5,12-15,25H2,1-2H3,(H2,26,29,30,31,32);3-4,6-11,14H,5,12-13,15,23H2,1-2H3,(H,26,27,28);1-6H;1H3,(H,3,4)/p+2. The van der Waals surface area contributed by atoms with Gasteiger partial charge in [0.2, 0.25) is 11.4 Å². The number of pyridine rings is 2. The van der Waals surface area contributed by atoms with Crippen LogP contribution in [0.1, 0.15) is 124 Å². The number of hydrogen-bond acceptors (Lipinski definition) is 19. The molecular formula is C86H95Cl4N11O16S3+2. The van der Waals surface area contributed by atoms with Gasteiger partial charge in [0.25, 0.3) is 11.8 Å². The van der Waals surface area contributed by atoms with E-state index in [0.29, 0.717) is 79.3 Å². The number of aryl methyl sites for hydroxylation is 3. The number of phenolic OH excluding ortho intramolecular Hbond substituents is 3. The van der Waals surface area contributed by atoms with Gasteiger partial charge in [-0.1, -0.05) is 131 Å². The highest BCUT2D eigenvalue weighted by Crippen LogP contribution is 2.45. The lowest BCUT2D eigenvalue weighted by Gasteiger charge is -2.16. The molecule has 0 atom stereocenters. The Labute approximate surface area is 718 Å². The zero-order chi connectivity index (χ0) is 88.6. The van der Waals surface area contributed by atoms with E-state index in [1.807, 2.05) is 133 Å². The predicted octanol–water partition coefficient (Wildman–Crippen LogP) is 10.3. The van der Waals surface area contributed by atoms with E-state index in [2.05, 4.69) is 70.7 Å². The molecule has 0 saturated heterocycles. The number of aromatic nitrogens is 2. The van der Waals surface area contributed by atoms with Crippen molar-refractivity contribution in [2.24, 2.45) is 30.1 Å². The first-order valence-electron chi connectivity index (χ1n) is 37.3. The second-order valence-electron chi connectivity index (χ2n) is 28.5. The van der Waals surface area contributed by atoms with Crippen molar-refractivity contribution in [1.82, 2.24) is 10.6 Å². The van der Waals surface area contributed by atoms with E-state index in [1.165, 1.54) is 47.2 Å². The van der Waals surface area contributed by atoms with Crippen LogP contribution in [0.25, 0.3) is 36.5 Å². The van der Waals surface area contributed by atoms with Crippen LogP contribution in [-0.4, -0.2) is 143 Å². The summed E-state index contributed by atoms with van der Waals surface area (Å²) in [5.74, 6) is -2.37. The normalized spacial score (nSPS) is 13.4. The number of carboxylic acids is 1. The SMILES string of the molecule is CC(=O)[O-].CC1(C)C(/C=C/c2cc(C(=O)NCC[NH3+])ccc2O)=[N+](CCCS(=O)(=O)[O-])c2ccccc21.CC1(C)C(/C=C/c2ccccc2O)=[N+](CCCS(=O)(=O)[O-])c2ccc(CN)cc21.Cc1c[n+](C)ccc1/C=C/c1cc(C(=O)NCC[NH3+])cc(/C=C/c2cc[n+](C)cc2S(=O)(=O)[O-])c1O.Clc1cc(Cl)c(Cl)c(N=Nc2ccccc2)c1Cl. The molecule has 13 N–H and O–H groups in total. The number of carbonyl (C=O) groups excluding carboxylic acids is 3. The van der Waals surface area contributed by atoms with E-state index in [-0.39, 0.29) is 94.5 Å². The maximum absolute atomic E-state index is 12.7. The van der Waals surface area contributed by atoms with Gasteiger partial charge in [-0.2, -0.15) is 14.3 Å². The number of nitrogens with zero attached hydrogens (tertiary/aromatic N) is 6. The first-order valence-corrected chi connectivity index (χ1v) is 43.4. The molecule has 0 spiro atoms. The summed E-state index contributed by atoms with van der Waals surface area (Å²) >= 11 is 23.8. The van der Waals surface area contributed by atoms with Gasteiger partial charge in [0.1, 0.15) is 65.1 Å². The average Bonchev–Trinajstić information content (AvgIpc) is 1.58. The van der Waals surface area contributed by atoms with Crippen molar-refractivity contribution in [3.05, 3.63) is 269 Å². The summed E-state index contributed by atoms with van der Waals surface area (Å²) in [6.45, 7) is 14.4. The molecule has 27 nitrogen and oxygen atoms in total. The van der Waals surface area contributed by atoms with Crippen molar-refractivity contribution in [2.45, 2.75) is 76.7 Å². The van der Waals surface area contributed by atoms with Gasteiger partial charge in [-0.05, 0) is 125 Å². The molecule has 2 aliphatic rings. The van der Waals surface area contributed by atoms with Gasteiger partial charge in [0.15, 0.2) is 36.2 Å². The highest BCUT2D eigenvalue weighted by molar-refractivity contribution is 7.86. The van der Waals surface area contributed by atoms with Crippen LogP contribution in [0.4, 0.5) is 22.7 Å². The molecule has 2 amide bonds. The summed E-state index contributed by atoms with van der Waals surface area (Å²) in [6, 6.07) is 42.8. The molecular weight excluding hydrogens is 1680 g/mol. The number of benzene rings is 7. The summed E-state index contributed by atoms with van der Waals surface area (Å²) in [5, 5.41) is 54.8. The molecule has 0 radical (unpaired) electrons. The molecule has 634 valence electrons. The fourth-order valence-corrected chi connectivity index (χ4v) is 15.3. The van der Waals surface area contributed by atoms with Crippen molar-refractivity contribution < 1.29 is 103 Å². The Morgan fingerprint density at radius 3 is 1.52 bits per heavy atom. The second kappa shape index (κ2) is 43.5. The Kier molecular flexibility index (Phi) is 35.0. The van der Waals surface area contributed by atoms with Crippen LogP contribution in [0.2, 0.25) is 20.1 Å². The number of halogens is 4. The van der Waals surface area contributed by atoms with E-state index in [1.54, 1.807) is 67.9 Å². The summed E-state index contributed by atoms with van der Waals surface area (Å²) in [4.78, 5) is 33.5. The van der Waals surface area contributed by atoms with Crippen LogP contribution in [0.15, 0.2) is 198 Å². The summed E-state index contributed by atoms with van der Waals surface area (Å²) in [7, 11) is -9.76. The Morgan fingerprint density at radius 1 is 0.533 bits per heavy atom. The van der Waals surface area contributed by atoms with Gasteiger partial charge in [0, 0.05) is 129 Å². The third kappa shape index (κ3) is 27.4. The number of allylic oxidation sites excluding steroid dienone is 2. The smallest absolute Gasteiger partial charge is 0.251 e. The fraction of sp³-hybridized carbons (Fsp3) is 0.244. The molecule has 2 aliphatic heterocycles. The number of nitrogens with two attached hydrogens (primary N) is 1.